The van der Waals surface area contributed by atoms with Crippen LogP contribution >= 0.6 is 11.3 Å². The first-order chi connectivity index (χ1) is 14.1. The molecule has 4 rings (SSSR count). The van der Waals surface area contributed by atoms with Gasteiger partial charge in [0.25, 0.3) is 0 Å². The number of anilines is 2. The van der Waals surface area contributed by atoms with Gasteiger partial charge in [-0.3, -0.25) is 0 Å². The lowest BCUT2D eigenvalue weighted by molar-refractivity contribution is 0.171. The van der Waals surface area contributed by atoms with Crippen LogP contribution in [0.4, 0.5) is 11.6 Å². The van der Waals surface area contributed by atoms with Gasteiger partial charge in [0.05, 0.1) is 16.3 Å². The Morgan fingerprint density at radius 2 is 2.07 bits per heavy atom. The Kier molecular flexibility index (Phi) is 5.53. The molecule has 0 amide bonds. The molecule has 1 aliphatic heterocycles. The molecule has 0 unspecified atom stereocenters. The number of ether oxygens (including phenoxy) is 2. The van der Waals surface area contributed by atoms with E-state index in [0.29, 0.717) is 31.3 Å². The van der Waals surface area contributed by atoms with Gasteiger partial charge in [0.15, 0.2) is 11.5 Å². The van der Waals surface area contributed by atoms with Crippen LogP contribution in [0.2, 0.25) is 0 Å². The Bertz CT molecular complexity index is 1060. The Balaban J connectivity index is 1.55. The Labute approximate surface area is 173 Å². The molecule has 0 bridgehead atoms. The summed E-state index contributed by atoms with van der Waals surface area (Å²) in [5.41, 5.74) is 3.48. The summed E-state index contributed by atoms with van der Waals surface area (Å²) in [5.74, 6) is 1.95. The minimum Gasteiger partial charge on any atom is -0.486 e. The molecule has 1 aromatic carbocycles. The number of fused-ring (bicyclic) bond motifs is 1. The summed E-state index contributed by atoms with van der Waals surface area (Å²) in [4.78, 5) is 14.6. The third kappa shape index (κ3) is 4.27. The van der Waals surface area contributed by atoms with Crippen LogP contribution in [0.15, 0.2) is 37.0 Å². The van der Waals surface area contributed by atoms with Crippen LogP contribution < -0.4 is 14.8 Å². The minimum absolute atomic E-state index is 0.496. The molecule has 8 heteroatoms. The summed E-state index contributed by atoms with van der Waals surface area (Å²) in [6.45, 7) is 7.17. The quantitative estimate of drug-likeness (QED) is 0.543. The molecule has 29 heavy (non-hydrogen) atoms. The van der Waals surface area contributed by atoms with Crippen molar-refractivity contribution in [2.75, 3.05) is 18.5 Å². The van der Waals surface area contributed by atoms with Crippen molar-refractivity contribution in [3.8, 4) is 22.1 Å². The molecule has 0 spiro atoms. The second-order valence-corrected chi connectivity index (χ2v) is 7.53. The van der Waals surface area contributed by atoms with Crippen molar-refractivity contribution in [3.63, 3.8) is 0 Å². The van der Waals surface area contributed by atoms with E-state index in [1.165, 1.54) is 6.21 Å². The van der Waals surface area contributed by atoms with Crippen molar-refractivity contribution in [1.82, 2.24) is 15.0 Å². The number of thiazole rings is 1. The van der Waals surface area contributed by atoms with Gasteiger partial charge in [-0.2, -0.15) is 0 Å². The average molecular weight is 407 g/mol. The van der Waals surface area contributed by atoms with Gasteiger partial charge in [0.2, 0.25) is 5.95 Å². The number of rotatable bonds is 7. The van der Waals surface area contributed by atoms with Crippen molar-refractivity contribution in [2.45, 2.75) is 19.8 Å². The monoisotopic (exact) mass is 407 g/mol. The molecule has 0 fully saturated rings. The first kappa shape index (κ1) is 19.1. The molecule has 7 nitrogen and oxygen atoms in total. The predicted octanol–water partition coefficient (Wildman–Crippen LogP) is 4.87. The number of allylic oxidation sites excluding steroid dienone is 1. The largest absolute Gasteiger partial charge is 0.486 e. The van der Waals surface area contributed by atoms with Gasteiger partial charge in [-0.25, -0.2) is 15.0 Å². The van der Waals surface area contributed by atoms with Gasteiger partial charge in [0, 0.05) is 18.0 Å². The summed E-state index contributed by atoms with van der Waals surface area (Å²) in [6, 6.07) is 7.54. The van der Waals surface area contributed by atoms with Crippen LogP contribution in [-0.4, -0.2) is 34.4 Å². The number of hydrogen-bond acceptors (Lipinski definition) is 8. The molecular formula is C21H21N5O2S. The summed E-state index contributed by atoms with van der Waals surface area (Å²) in [5, 5.41) is 11.3. The highest BCUT2D eigenvalue weighted by molar-refractivity contribution is 7.16. The lowest BCUT2D eigenvalue weighted by Gasteiger charge is -2.19. The summed E-state index contributed by atoms with van der Waals surface area (Å²) in [7, 11) is 0. The molecule has 148 valence electrons. The maximum absolute atomic E-state index is 7.19. The van der Waals surface area contributed by atoms with Crippen LogP contribution in [-0.2, 0) is 0 Å². The first-order valence-corrected chi connectivity index (χ1v) is 10.1. The van der Waals surface area contributed by atoms with Crippen molar-refractivity contribution < 1.29 is 9.47 Å². The number of aryl methyl sites for hydroxylation is 1. The number of nitrogens with one attached hydrogen (secondary N) is 2. The van der Waals surface area contributed by atoms with Crippen molar-refractivity contribution >= 4 is 34.8 Å². The number of aromatic nitrogens is 3. The van der Waals surface area contributed by atoms with Gasteiger partial charge in [0.1, 0.15) is 18.2 Å². The topological polar surface area (TPSA) is 93.0 Å². The fraction of sp³-hybridized carbons (Fsp3) is 0.238. The van der Waals surface area contributed by atoms with E-state index in [1.807, 2.05) is 31.2 Å². The van der Waals surface area contributed by atoms with Gasteiger partial charge in [-0.15, -0.1) is 11.3 Å². The molecule has 1 aliphatic rings. The van der Waals surface area contributed by atoms with E-state index in [4.69, 9.17) is 14.9 Å². The molecule has 0 saturated heterocycles. The fourth-order valence-corrected chi connectivity index (χ4v) is 3.97. The number of hydrogen-bond donors (Lipinski definition) is 2. The summed E-state index contributed by atoms with van der Waals surface area (Å²) in [6.07, 6.45) is 4.53. The highest BCUT2D eigenvalue weighted by Crippen LogP contribution is 2.35. The first-order valence-electron chi connectivity index (χ1n) is 9.28. The lowest BCUT2D eigenvalue weighted by atomic mass is 10.2. The summed E-state index contributed by atoms with van der Waals surface area (Å²) >= 11 is 1.56. The standard InChI is InChI=1S/C21H21N5O2S/c1-13(4-3-8-22)20-24-14(2)19(29-20)16-7-9-23-21(26-16)25-15-5-6-17-18(12-15)28-11-10-27-17/h5-9,12,22H,1,3-4,10-11H2,2H3,(H,23,25,26). The summed E-state index contributed by atoms with van der Waals surface area (Å²) < 4.78 is 11.2. The van der Waals surface area contributed by atoms with Crippen LogP contribution in [0.3, 0.4) is 0 Å². The van der Waals surface area contributed by atoms with E-state index in [0.717, 1.165) is 44.7 Å². The van der Waals surface area contributed by atoms with Crippen molar-refractivity contribution in [3.05, 3.63) is 47.7 Å². The number of nitrogens with zero attached hydrogens (tertiary/aromatic N) is 3. The maximum Gasteiger partial charge on any atom is 0.227 e. The third-order valence-electron chi connectivity index (χ3n) is 4.38. The second kappa shape index (κ2) is 8.40. The molecule has 0 radical (unpaired) electrons. The van der Waals surface area contributed by atoms with Gasteiger partial charge in [-0.1, -0.05) is 6.58 Å². The molecule has 0 aliphatic carbocycles. The molecule has 3 aromatic rings. The highest BCUT2D eigenvalue weighted by Gasteiger charge is 2.15. The Morgan fingerprint density at radius 3 is 2.90 bits per heavy atom. The van der Waals surface area contributed by atoms with Gasteiger partial charge < -0.3 is 20.2 Å². The molecule has 2 N–H and O–H groups in total. The van der Waals surface area contributed by atoms with E-state index in [2.05, 4.69) is 26.8 Å². The van der Waals surface area contributed by atoms with E-state index < -0.39 is 0 Å². The molecular weight excluding hydrogens is 386 g/mol. The molecule has 3 heterocycles. The third-order valence-corrected chi connectivity index (χ3v) is 5.66. The van der Waals surface area contributed by atoms with Gasteiger partial charge >= 0.3 is 0 Å². The van der Waals surface area contributed by atoms with E-state index in [-0.39, 0.29) is 0 Å². The van der Waals surface area contributed by atoms with Crippen molar-refractivity contribution in [1.29, 1.82) is 5.41 Å². The van der Waals surface area contributed by atoms with Gasteiger partial charge in [-0.05, 0) is 49.8 Å². The lowest BCUT2D eigenvalue weighted by Crippen LogP contribution is -2.15. The van der Waals surface area contributed by atoms with Crippen LogP contribution in [0.5, 0.6) is 11.5 Å². The smallest absolute Gasteiger partial charge is 0.227 e. The zero-order chi connectivity index (χ0) is 20.2. The zero-order valence-electron chi connectivity index (χ0n) is 16.1. The van der Waals surface area contributed by atoms with E-state index in [1.54, 1.807) is 17.5 Å². The molecule has 0 atom stereocenters. The fourth-order valence-electron chi connectivity index (χ4n) is 2.93. The zero-order valence-corrected chi connectivity index (χ0v) is 16.9. The minimum atomic E-state index is 0.496. The van der Waals surface area contributed by atoms with Crippen LogP contribution in [0.1, 0.15) is 23.5 Å². The van der Waals surface area contributed by atoms with Crippen molar-refractivity contribution in [2.24, 2.45) is 0 Å². The molecule has 2 aromatic heterocycles. The van der Waals surface area contributed by atoms with E-state index in [9.17, 15) is 0 Å². The normalized spacial score (nSPS) is 12.4. The maximum atomic E-state index is 7.19. The Hall–Kier alpha value is -3.26. The van der Waals surface area contributed by atoms with Crippen LogP contribution in [0.25, 0.3) is 16.1 Å². The predicted molar refractivity (Wildman–Crippen MR) is 116 cm³/mol. The highest BCUT2D eigenvalue weighted by atomic mass is 32.1. The molecule has 0 saturated carbocycles. The SMILES string of the molecule is C=C(CCC=N)c1nc(C)c(-c2ccnc(Nc3ccc4c(c3)OCCO4)n2)s1. The second-order valence-electron chi connectivity index (χ2n) is 6.53. The number of benzene rings is 1. The van der Waals surface area contributed by atoms with E-state index >= 15 is 0 Å². The Morgan fingerprint density at radius 1 is 1.24 bits per heavy atom. The average Bonchev–Trinajstić information content (AvgIpc) is 3.14. The van der Waals surface area contributed by atoms with Crippen LogP contribution in [0, 0.1) is 12.3 Å².